The molecule has 2 aromatic heterocycles. The first-order valence-corrected chi connectivity index (χ1v) is 15.1. The maximum atomic E-state index is 12.9. The van der Waals surface area contributed by atoms with Crippen molar-refractivity contribution in [2.24, 2.45) is 0 Å². The van der Waals surface area contributed by atoms with Crippen LogP contribution in [0.1, 0.15) is 20.7 Å². The zero-order chi connectivity index (χ0) is 31.5. The van der Waals surface area contributed by atoms with Crippen LogP contribution in [0.5, 0.6) is 34.5 Å². The van der Waals surface area contributed by atoms with Crippen molar-refractivity contribution in [1.29, 1.82) is 0 Å². The Balaban J connectivity index is 1.09. The van der Waals surface area contributed by atoms with Crippen LogP contribution in [0.15, 0.2) is 72.8 Å². The number of nitrogens with one attached hydrogen (secondary N) is 2. The number of benzene rings is 4. The van der Waals surface area contributed by atoms with Gasteiger partial charge in [0.2, 0.25) is 0 Å². The zero-order valence-corrected chi connectivity index (χ0v) is 26.1. The summed E-state index contributed by atoms with van der Waals surface area (Å²) < 4.78 is 29.1. The molecule has 0 saturated heterocycles. The van der Waals surface area contributed by atoms with Gasteiger partial charge in [0.15, 0.2) is 10.3 Å². The van der Waals surface area contributed by atoms with Gasteiger partial charge in [0.1, 0.15) is 54.9 Å². The lowest BCUT2D eigenvalue weighted by atomic mass is 10.2. The van der Waals surface area contributed by atoms with E-state index in [0.29, 0.717) is 66.9 Å². The minimum absolute atomic E-state index is 0.320. The van der Waals surface area contributed by atoms with E-state index in [1.165, 1.54) is 22.7 Å². The van der Waals surface area contributed by atoms with Gasteiger partial charge in [-0.25, -0.2) is 9.97 Å². The summed E-state index contributed by atoms with van der Waals surface area (Å²) in [6, 6.07) is 20.5. The Kier molecular flexibility index (Phi) is 8.36. The molecule has 0 bridgehead atoms. The largest absolute Gasteiger partial charge is 0.495 e. The first kappa shape index (κ1) is 29.7. The third-order valence-electron chi connectivity index (χ3n) is 6.73. The molecule has 0 aliphatic rings. The van der Waals surface area contributed by atoms with E-state index in [4.69, 9.17) is 23.7 Å². The summed E-state index contributed by atoms with van der Waals surface area (Å²) in [6.07, 6.45) is 0. The average Bonchev–Trinajstić information content (AvgIpc) is 3.69. The molecule has 2 N–H and O–H groups in total. The predicted octanol–water partition coefficient (Wildman–Crippen LogP) is 7.24. The predicted molar refractivity (Wildman–Crippen MR) is 174 cm³/mol. The quantitative estimate of drug-likeness (QED) is 0.159. The summed E-state index contributed by atoms with van der Waals surface area (Å²) >= 11 is 2.60. The number of rotatable bonds is 10. The topological polar surface area (TPSA) is 130 Å². The van der Waals surface area contributed by atoms with Crippen molar-refractivity contribution in [3.05, 3.63) is 83.9 Å². The summed E-state index contributed by atoms with van der Waals surface area (Å²) in [7, 11) is 6.29. The van der Waals surface area contributed by atoms with Gasteiger partial charge in [0.05, 0.1) is 28.4 Å². The third-order valence-corrected chi connectivity index (χ3v) is 8.70. The fourth-order valence-corrected chi connectivity index (χ4v) is 6.44. The maximum Gasteiger partial charge on any atom is 0.257 e. The van der Waals surface area contributed by atoms with Crippen LogP contribution in [-0.4, -0.2) is 50.2 Å². The van der Waals surface area contributed by atoms with Gasteiger partial charge < -0.3 is 23.7 Å². The second-order valence-corrected chi connectivity index (χ2v) is 11.4. The second kappa shape index (κ2) is 12.7. The van der Waals surface area contributed by atoms with Gasteiger partial charge in [0, 0.05) is 11.1 Å². The van der Waals surface area contributed by atoms with Gasteiger partial charge in [-0.1, -0.05) is 22.7 Å². The van der Waals surface area contributed by atoms with Crippen molar-refractivity contribution < 1.29 is 33.3 Å². The molecule has 0 atom stereocenters. The number of amides is 2. The molecule has 11 nitrogen and oxygen atoms in total. The monoisotopic (exact) mass is 642 g/mol. The highest BCUT2D eigenvalue weighted by molar-refractivity contribution is 7.23. The molecule has 0 aliphatic heterocycles. The van der Waals surface area contributed by atoms with Crippen LogP contribution < -0.4 is 34.3 Å². The van der Waals surface area contributed by atoms with Crippen LogP contribution in [0.2, 0.25) is 0 Å². The number of methoxy groups -OCH3 is 4. The highest BCUT2D eigenvalue weighted by Gasteiger charge is 2.18. The zero-order valence-electron chi connectivity index (χ0n) is 24.5. The van der Waals surface area contributed by atoms with E-state index in [1.54, 1.807) is 101 Å². The van der Waals surface area contributed by atoms with E-state index in [0.717, 1.165) is 9.40 Å². The number of nitrogens with zero attached hydrogens (tertiary/aromatic N) is 2. The van der Waals surface area contributed by atoms with E-state index in [1.807, 2.05) is 0 Å². The highest BCUT2D eigenvalue weighted by atomic mass is 32.1. The first-order valence-electron chi connectivity index (χ1n) is 13.4. The fourth-order valence-electron chi connectivity index (χ4n) is 4.50. The molecule has 0 radical (unpaired) electrons. The lowest BCUT2D eigenvalue weighted by Gasteiger charge is -2.08. The normalized spacial score (nSPS) is 10.8. The number of carbonyl (C=O) groups is 2. The Morgan fingerprint density at radius 1 is 0.533 bits per heavy atom. The Morgan fingerprint density at radius 3 is 1.24 bits per heavy atom. The smallest absolute Gasteiger partial charge is 0.257 e. The van der Waals surface area contributed by atoms with Gasteiger partial charge in [-0.05, 0) is 72.8 Å². The molecular formula is C32H26N4O7S2. The molecule has 2 heterocycles. The van der Waals surface area contributed by atoms with Gasteiger partial charge >= 0.3 is 0 Å². The minimum atomic E-state index is -0.320. The number of carbonyl (C=O) groups excluding carboxylic acids is 2. The van der Waals surface area contributed by atoms with Crippen molar-refractivity contribution >= 4 is 65.2 Å². The molecule has 0 fully saturated rings. The molecular weight excluding hydrogens is 617 g/mol. The summed E-state index contributed by atoms with van der Waals surface area (Å²) in [5.74, 6) is 2.88. The minimum Gasteiger partial charge on any atom is -0.495 e. The average molecular weight is 643 g/mol. The Morgan fingerprint density at radius 2 is 0.889 bits per heavy atom. The van der Waals surface area contributed by atoms with Crippen LogP contribution in [0, 0.1) is 0 Å². The molecule has 13 heteroatoms. The van der Waals surface area contributed by atoms with E-state index in [9.17, 15) is 9.59 Å². The van der Waals surface area contributed by atoms with Crippen molar-refractivity contribution in [2.75, 3.05) is 39.1 Å². The van der Waals surface area contributed by atoms with Crippen molar-refractivity contribution in [1.82, 2.24) is 9.97 Å². The standard InChI is InChI=1S/C32H26N4O7S2/c1-39-21-13-15-23(41-3)27-25(21)33-31(44-27)35-29(37)17-5-9-19(10-6-17)43-20-11-7-18(8-12-20)30(38)36-32-34-26-22(40-2)14-16-24(42-4)28(26)45-32/h5-16H,1-4H3,(H,33,35,37)(H,34,36,38). The van der Waals surface area contributed by atoms with Crippen LogP contribution in [0.25, 0.3) is 20.4 Å². The number of hydrogen-bond donors (Lipinski definition) is 2. The van der Waals surface area contributed by atoms with Crippen LogP contribution in [-0.2, 0) is 0 Å². The Bertz CT molecular complexity index is 1790. The SMILES string of the molecule is COc1ccc(OC)c2sc(NC(=O)c3ccc(Oc4ccc(C(=O)Nc5nc6c(OC)ccc(OC)c6s5)cc4)cc3)nc12. The van der Waals surface area contributed by atoms with Crippen LogP contribution in [0.4, 0.5) is 10.3 Å². The van der Waals surface area contributed by atoms with Gasteiger partial charge in [0.25, 0.3) is 11.8 Å². The van der Waals surface area contributed by atoms with Crippen molar-refractivity contribution in [2.45, 2.75) is 0 Å². The molecule has 2 amide bonds. The number of aromatic nitrogens is 2. The van der Waals surface area contributed by atoms with E-state index < -0.39 is 0 Å². The van der Waals surface area contributed by atoms with Crippen LogP contribution in [0.3, 0.4) is 0 Å². The molecule has 228 valence electrons. The molecule has 6 aromatic rings. The number of thiazole rings is 2. The molecule has 0 unspecified atom stereocenters. The van der Waals surface area contributed by atoms with Gasteiger partial charge in [-0.2, -0.15) is 0 Å². The lowest BCUT2D eigenvalue weighted by molar-refractivity contribution is 0.101. The molecule has 0 spiro atoms. The molecule has 0 aliphatic carbocycles. The maximum absolute atomic E-state index is 12.9. The highest BCUT2D eigenvalue weighted by Crippen LogP contribution is 2.40. The second-order valence-electron chi connectivity index (χ2n) is 9.39. The molecule has 6 rings (SSSR count). The molecule has 4 aromatic carbocycles. The summed E-state index contributed by atoms with van der Waals surface area (Å²) in [5.41, 5.74) is 2.08. The van der Waals surface area contributed by atoms with Crippen LogP contribution >= 0.6 is 22.7 Å². The first-order chi connectivity index (χ1) is 21.9. The van der Waals surface area contributed by atoms with Crippen molar-refractivity contribution in [3.8, 4) is 34.5 Å². The van der Waals surface area contributed by atoms with E-state index in [2.05, 4.69) is 20.6 Å². The molecule has 45 heavy (non-hydrogen) atoms. The number of anilines is 2. The van der Waals surface area contributed by atoms with Gasteiger partial charge in [-0.15, -0.1) is 0 Å². The lowest BCUT2D eigenvalue weighted by Crippen LogP contribution is -2.11. The molecule has 0 saturated carbocycles. The third kappa shape index (κ3) is 6.03. The summed E-state index contributed by atoms with van der Waals surface area (Å²) in [5, 5.41) is 6.51. The number of fused-ring (bicyclic) bond motifs is 2. The summed E-state index contributed by atoms with van der Waals surface area (Å²) in [4.78, 5) is 34.9. The van der Waals surface area contributed by atoms with E-state index >= 15 is 0 Å². The fraction of sp³-hybridized carbons (Fsp3) is 0.125. The Hall–Kier alpha value is -5.40. The summed E-state index contributed by atoms with van der Waals surface area (Å²) in [6.45, 7) is 0. The van der Waals surface area contributed by atoms with E-state index in [-0.39, 0.29) is 11.8 Å². The number of ether oxygens (including phenoxy) is 5. The van der Waals surface area contributed by atoms with Crippen molar-refractivity contribution in [3.63, 3.8) is 0 Å². The van der Waals surface area contributed by atoms with Gasteiger partial charge in [-0.3, -0.25) is 20.2 Å². The Labute approximate surface area is 265 Å². The number of hydrogen-bond acceptors (Lipinski definition) is 11.